The van der Waals surface area contributed by atoms with Gasteiger partial charge in [0, 0.05) is 6.42 Å². The van der Waals surface area contributed by atoms with Crippen molar-refractivity contribution < 1.29 is 14.6 Å². The summed E-state index contributed by atoms with van der Waals surface area (Å²) in [6, 6.07) is 6.50. The summed E-state index contributed by atoms with van der Waals surface area (Å²) in [6.07, 6.45) is 6.54. The lowest BCUT2D eigenvalue weighted by molar-refractivity contribution is 0.0697. The molecule has 0 heterocycles. The molecule has 3 heteroatoms. The van der Waals surface area contributed by atoms with E-state index in [-0.39, 0.29) is 5.56 Å². The molecule has 1 aliphatic rings. The van der Waals surface area contributed by atoms with E-state index in [1.807, 2.05) is 0 Å². The summed E-state index contributed by atoms with van der Waals surface area (Å²) in [7, 11) is 0. The summed E-state index contributed by atoms with van der Waals surface area (Å²) < 4.78 is 5.66. The van der Waals surface area contributed by atoms with E-state index in [1.165, 1.54) is 12.8 Å². The lowest BCUT2D eigenvalue weighted by Crippen LogP contribution is -2.00. The van der Waals surface area contributed by atoms with E-state index in [0.717, 1.165) is 18.6 Å². The van der Waals surface area contributed by atoms with E-state index in [4.69, 9.17) is 9.84 Å². The molecule has 0 bridgehead atoms. The van der Waals surface area contributed by atoms with Crippen LogP contribution in [0.4, 0.5) is 0 Å². The summed E-state index contributed by atoms with van der Waals surface area (Å²) in [4.78, 5) is 10.7. The van der Waals surface area contributed by atoms with E-state index in [9.17, 15) is 4.79 Å². The number of hydrogen-bond donors (Lipinski definition) is 1. The zero-order chi connectivity index (χ0) is 11.4. The van der Waals surface area contributed by atoms with Gasteiger partial charge < -0.3 is 9.84 Å². The Morgan fingerprint density at radius 2 is 1.94 bits per heavy atom. The van der Waals surface area contributed by atoms with Crippen LogP contribution >= 0.6 is 0 Å². The molecule has 1 aromatic carbocycles. The minimum absolute atomic E-state index is 0.282. The van der Waals surface area contributed by atoms with E-state index in [0.29, 0.717) is 5.75 Å². The highest BCUT2D eigenvalue weighted by atomic mass is 16.5. The van der Waals surface area contributed by atoms with Crippen LogP contribution in [0.2, 0.25) is 0 Å². The Bertz CT molecular complexity index is 404. The molecule has 0 aliphatic heterocycles. The Kier molecular flexibility index (Phi) is 3.25. The van der Waals surface area contributed by atoms with Gasteiger partial charge in [-0.3, -0.25) is 0 Å². The van der Waals surface area contributed by atoms with Gasteiger partial charge in [-0.25, -0.2) is 4.79 Å². The van der Waals surface area contributed by atoms with Gasteiger partial charge >= 0.3 is 5.97 Å². The highest BCUT2D eigenvalue weighted by molar-refractivity contribution is 5.87. The van der Waals surface area contributed by atoms with E-state index in [1.54, 1.807) is 24.3 Å². The molecule has 0 amide bonds. The van der Waals surface area contributed by atoms with Gasteiger partial charge in [-0.05, 0) is 49.6 Å². The van der Waals surface area contributed by atoms with Crippen molar-refractivity contribution in [2.45, 2.75) is 25.7 Å². The molecule has 2 rings (SSSR count). The van der Waals surface area contributed by atoms with Crippen LogP contribution in [-0.2, 0) is 0 Å². The smallest absolute Gasteiger partial charge is 0.335 e. The molecule has 0 unspecified atom stereocenters. The zero-order valence-corrected chi connectivity index (χ0v) is 8.98. The summed E-state index contributed by atoms with van der Waals surface area (Å²) in [5.41, 5.74) is 0.282. The Hall–Kier alpha value is -1.77. The van der Waals surface area contributed by atoms with Crippen LogP contribution in [0.3, 0.4) is 0 Å². The molecule has 0 aromatic heterocycles. The van der Waals surface area contributed by atoms with Gasteiger partial charge in [0.1, 0.15) is 11.5 Å². The van der Waals surface area contributed by atoms with Gasteiger partial charge in [-0.1, -0.05) is 0 Å². The summed E-state index contributed by atoms with van der Waals surface area (Å²) in [5, 5.41) is 8.74. The predicted octanol–water partition coefficient (Wildman–Crippen LogP) is 3.22. The Labute approximate surface area is 94.4 Å². The van der Waals surface area contributed by atoms with E-state index < -0.39 is 5.97 Å². The Balaban J connectivity index is 2.04. The molecular weight excluding hydrogens is 204 g/mol. The van der Waals surface area contributed by atoms with Crippen molar-refractivity contribution in [2.75, 3.05) is 0 Å². The average molecular weight is 218 g/mol. The van der Waals surface area contributed by atoms with Gasteiger partial charge in [0.05, 0.1) is 5.56 Å². The second-order valence-electron chi connectivity index (χ2n) is 3.85. The number of carboxylic acid groups (broad SMARTS) is 1. The number of ether oxygens (including phenoxy) is 1. The molecule has 0 saturated carbocycles. The first-order chi connectivity index (χ1) is 7.75. The van der Waals surface area contributed by atoms with Crippen molar-refractivity contribution in [3.05, 3.63) is 41.7 Å². The van der Waals surface area contributed by atoms with E-state index >= 15 is 0 Å². The number of rotatable bonds is 3. The first-order valence-corrected chi connectivity index (χ1v) is 5.46. The molecular formula is C13H14O3. The van der Waals surface area contributed by atoms with Crippen LogP contribution < -0.4 is 4.74 Å². The minimum atomic E-state index is -0.913. The number of carbonyl (C=O) groups is 1. The highest BCUT2D eigenvalue weighted by Gasteiger charge is 2.07. The molecule has 3 nitrogen and oxygen atoms in total. The normalized spacial score (nSPS) is 15.4. The lowest BCUT2D eigenvalue weighted by Gasteiger charge is -2.13. The molecule has 0 spiro atoms. The van der Waals surface area contributed by atoms with Gasteiger partial charge in [0.25, 0.3) is 0 Å². The van der Waals surface area contributed by atoms with Gasteiger partial charge in [-0.2, -0.15) is 0 Å². The number of aromatic carboxylic acids is 1. The topological polar surface area (TPSA) is 46.5 Å². The molecule has 1 N–H and O–H groups in total. The predicted molar refractivity (Wildman–Crippen MR) is 60.6 cm³/mol. The highest BCUT2D eigenvalue weighted by Crippen LogP contribution is 2.22. The van der Waals surface area contributed by atoms with Gasteiger partial charge in [0.2, 0.25) is 0 Å². The molecule has 0 fully saturated rings. The van der Waals surface area contributed by atoms with Gasteiger partial charge in [0.15, 0.2) is 0 Å². The van der Waals surface area contributed by atoms with Crippen LogP contribution in [0.1, 0.15) is 36.0 Å². The largest absolute Gasteiger partial charge is 0.478 e. The van der Waals surface area contributed by atoms with Crippen molar-refractivity contribution in [1.82, 2.24) is 0 Å². The maximum Gasteiger partial charge on any atom is 0.335 e. The lowest BCUT2D eigenvalue weighted by atomic mass is 10.1. The van der Waals surface area contributed by atoms with Crippen LogP contribution in [0.5, 0.6) is 5.75 Å². The Morgan fingerprint density at radius 1 is 1.19 bits per heavy atom. The van der Waals surface area contributed by atoms with Crippen LogP contribution in [0.15, 0.2) is 36.1 Å². The molecule has 0 atom stereocenters. The SMILES string of the molecule is O=C(O)c1ccc(OC2=CCCCC2)cc1. The molecule has 1 aliphatic carbocycles. The average Bonchev–Trinajstić information content (AvgIpc) is 2.31. The summed E-state index contributed by atoms with van der Waals surface area (Å²) >= 11 is 0. The second kappa shape index (κ2) is 4.84. The minimum Gasteiger partial charge on any atom is -0.478 e. The van der Waals surface area contributed by atoms with Crippen molar-refractivity contribution in [2.24, 2.45) is 0 Å². The van der Waals surface area contributed by atoms with Crippen molar-refractivity contribution >= 4 is 5.97 Å². The van der Waals surface area contributed by atoms with Crippen LogP contribution in [0.25, 0.3) is 0 Å². The number of carboxylic acids is 1. The quantitative estimate of drug-likeness (QED) is 0.847. The number of benzene rings is 1. The van der Waals surface area contributed by atoms with Crippen molar-refractivity contribution in [1.29, 1.82) is 0 Å². The third-order valence-electron chi connectivity index (χ3n) is 2.60. The Morgan fingerprint density at radius 3 is 2.50 bits per heavy atom. The molecule has 84 valence electrons. The number of hydrogen-bond acceptors (Lipinski definition) is 2. The van der Waals surface area contributed by atoms with Crippen molar-refractivity contribution in [3.8, 4) is 5.75 Å². The molecule has 16 heavy (non-hydrogen) atoms. The summed E-state index contributed by atoms with van der Waals surface area (Å²) in [5.74, 6) is 0.788. The molecule has 0 saturated heterocycles. The van der Waals surface area contributed by atoms with Crippen LogP contribution in [-0.4, -0.2) is 11.1 Å². The first kappa shape index (κ1) is 10.7. The third kappa shape index (κ3) is 2.63. The van der Waals surface area contributed by atoms with Gasteiger partial charge in [-0.15, -0.1) is 0 Å². The summed E-state index contributed by atoms with van der Waals surface area (Å²) in [6.45, 7) is 0. The molecule has 1 aromatic rings. The fourth-order valence-electron chi connectivity index (χ4n) is 1.72. The maximum atomic E-state index is 10.7. The van der Waals surface area contributed by atoms with Crippen molar-refractivity contribution in [3.63, 3.8) is 0 Å². The van der Waals surface area contributed by atoms with E-state index in [2.05, 4.69) is 6.08 Å². The first-order valence-electron chi connectivity index (χ1n) is 5.46. The maximum absolute atomic E-state index is 10.7. The van der Waals surface area contributed by atoms with Crippen LogP contribution in [0, 0.1) is 0 Å². The fourth-order valence-corrected chi connectivity index (χ4v) is 1.72. The zero-order valence-electron chi connectivity index (χ0n) is 8.98. The second-order valence-corrected chi connectivity index (χ2v) is 3.85. The third-order valence-corrected chi connectivity index (χ3v) is 2.60. The number of allylic oxidation sites excluding steroid dienone is 2. The monoisotopic (exact) mass is 218 g/mol. The molecule has 0 radical (unpaired) electrons. The fraction of sp³-hybridized carbons (Fsp3) is 0.308. The standard InChI is InChI=1S/C13H14O3/c14-13(15)10-6-8-12(9-7-10)16-11-4-2-1-3-5-11/h4,6-9H,1-3,5H2,(H,14,15).